The van der Waals surface area contributed by atoms with E-state index in [1.165, 1.54) is 0 Å². The molecule has 0 aliphatic heterocycles. The summed E-state index contributed by atoms with van der Waals surface area (Å²) in [5, 5.41) is 0. The highest BCUT2D eigenvalue weighted by atomic mass is 16.5. The van der Waals surface area contributed by atoms with Crippen molar-refractivity contribution in [1.29, 1.82) is 0 Å². The Morgan fingerprint density at radius 1 is 1.18 bits per heavy atom. The highest BCUT2D eigenvalue weighted by molar-refractivity contribution is 5.81. The zero-order chi connectivity index (χ0) is 12.9. The van der Waals surface area contributed by atoms with Gasteiger partial charge in [0.2, 0.25) is 0 Å². The molecule has 0 bridgehead atoms. The van der Waals surface area contributed by atoms with E-state index in [2.05, 4.69) is 20.8 Å². The van der Waals surface area contributed by atoms with E-state index in [1.807, 2.05) is 36.4 Å². The summed E-state index contributed by atoms with van der Waals surface area (Å²) in [5.74, 6) is 0. The van der Waals surface area contributed by atoms with Crippen LogP contribution in [0.3, 0.4) is 0 Å². The van der Waals surface area contributed by atoms with E-state index < -0.39 is 0 Å². The van der Waals surface area contributed by atoms with E-state index in [0.717, 1.165) is 11.8 Å². The van der Waals surface area contributed by atoms with E-state index >= 15 is 0 Å². The number of ether oxygens (including phenoxy) is 1. The van der Waals surface area contributed by atoms with Gasteiger partial charge in [-0.15, -0.1) is 0 Å². The van der Waals surface area contributed by atoms with Gasteiger partial charge >= 0.3 is 0 Å². The van der Waals surface area contributed by atoms with Crippen molar-refractivity contribution in [3.05, 3.63) is 41.5 Å². The SMILES string of the molecule is COC(/C=C/c1ccccc1C=O)C(C)(C)C. The fraction of sp³-hybridized carbons (Fsp3) is 0.400. The molecule has 0 spiro atoms. The van der Waals surface area contributed by atoms with E-state index in [1.54, 1.807) is 7.11 Å². The average Bonchev–Trinajstić information content (AvgIpc) is 2.28. The molecule has 92 valence electrons. The van der Waals surface area contributed by atoms with Crippen molar-refractivity contribution >= 4 is 12.4 Å². The largest absolute Gasteiger partial charge is 0.377 e. The third kappa shape index (κ3) is 3.82. The van der Waals surface area contributed by atoms with E-state index in [-0.39, 0.29) is 11.5 Å². The molecule has 0 aromatic heterocycles. The predicted octanol–water partition coefficient (Wildman–Crippen LogP) is 3.57. The molecule has 1 unspecified atom stereocenters. The van der Waals surface area contributed by atoms with Gasteiger partial charge in [-0.3, -0.25) is 4.79 Å². The number of hydrogen-bond donors (Lipinski definition) is 0. The molecule has 1 aromatic rings. The zero-order valence-corrected chi connectivity index (χ0v) is 10.9. The summed E-state index contributed by atoms with van der Waals surface area (Å²) in [6.45, 7) is 6.37. The Hall–Kier alpha value is -1.41. The third-order valence-corrected chi connectivity index (χ3v) is 2.68. The van der Waals surface area contributed by atoms with Crippen LogP contribution >= 0.6 is 0 Å². The number of aldehydes is 1. The van der Waals surface area contributed by atoms with Crippen LogP contribution in [0.4, 0.5) is 0 Å². The molecule has 0 aliphatic rings. The van der Waals surface area contributed by atoms with E-state index in [4.69, 9.17) is 4.74 Å². The lowest BCUT2D eigenvalue weighted by atomic mass is 9.88. The minimum Gasteiger partial charge on any atom is -0.377 e. The molecule has 0 aliphatic carbocycles. The second-order valence-corrected chi connectivity index (χ2v) is 5.13. The van der Waals surface area contributed by atoms with Gasteiger partial charge in [0, 0.05) is 12.7 Å². The first-order chi connectivity index (χ1) is 7.99. The van der Waals surface area contributed by atoms with E-state index in [0.29, 0.717) is 5.56 Å². The highest BCUT2D eigenvalue weighted by Crippen LogP contribution is 2.23. The molecule has 2 heteroatoms. The van der Waals surface area contributed by atoms with Crippen LogP contribution in [0, 0.1) is 5.41 Å². The van der Waals surface area contributed by atoms with Crippen LogP contribution < -0.4 is 0 Å². The summed E-state index contributed by atoms with van der Waals surface area (Å²) in [6, 6.07) is 7.52. The topological polar surface area (TPSA) is 26.3 Å². The molecule has 0 N–H and O–H groups in total. The number of rotatable bonds is 4. The van der Waals surface area contributed by atoms with Crippen molar-refractivity contribution in [3.63, 3.8) is 0 Å². The maximum absolute atomic E-state index is 10.9. The molecule has 0 radical (unpaired) electrons. The number of hydrogen-bond acceptors (Lipinski definition) is 2. The molecule has 17 heavy (non-hydrogen) atoms. The summed E-state index contributed by atoms with van der Waals surface area (Å²) in [6.07, 6.45) is 4.85. The van der Waals surface area contributed by atoms with Gasteiger partial charge in [0.1, 0.15) is 0 Å². The highest BCUT2D eigenvalue weighted by Gasteiger charge is 2.21. The molecule has 0 fully saturated rings. The summed E-state index contributed by atoms with van der Waals surface area (Å²) >= 11 is 0. The second kappa shape index (κ2) is 5.78. The van der Waals surface area contributed by atoms with Crippen molar-refractivity contribution in [1.82, 2.24) is 0 Å². The zero-order valence-electron chi connectivity index (χ0n) is 10.9. The maximum atomic E-state index is 10.9. The van der Waals surface area contributed by atoms with Crippen LogP contribution in [-0.4, -0.2) is 19.5 Å². The van der Waals surface area contributed by atoms with Crippen LogP contribution in [0.15, 0.2) is 30.3 Å². The predicted molar refractivity (Wildman–Crippen MR) is 71.1 cm³/mol. The van der Waals surface area contributed by atoms with Crippen LogP contribution in [0.2, 0.25) is 0 Å². The summed E-state index contributed by atoms with van der Waals surface area (Å²) in [4.78, 5) is 10.9. The summed E-state index contributed by atoms with van der Waals surface area (Å²) in [7, 11) is 1.70. The molecule has 2 nitrogen and oxygen atoms in total. The van der Waals surface area contributed by atoms with Crippen LogP contribution in [0.1, 0.15) is 36.7 Å². The van der Waals surface area contributed by atoms with Crippen molar-refractivity contribution in [3.8, 4) is 0 Å². The first-order valence-corrected chi connectivity index (χ1v) is 5.74. The molecule has 1 rings (SSSR count). The van der Waals surface area contributed by atoms with Gasteiger partial charge in [-0.05, 0) is 11.0 Å². The van der Waals surface area contributed by atoms with Crippen LogP contribution in [-0.2, 0) is 4.74 Å². The van der Waals surface area contributed by atoms with Crippen molar-refractivity contribution in [2.45, 2.75) is 26.9 Å². The fourth-order valence-electron chi connectivity index (χ4n) is 1.68. The average molecular weight is 232 g/mol. The Morgan fingerprint density at radius 3 is 2.24 bits per heavy atom. The molecular formula is C15H20O2. The van der Waals surface area contributed by atoms with Gasteiger partial charge in [-0.1, -0.05) is 57.2 Å². The van der Waals surface area contributed by atoms with Crippen molar-refractivity contribution in [2.75, 3.05) is 7.11 Å². The Kier molecular flexibility index (Phi) is 4.64. The number of carbonyl (C=O) groups excluding carboxylic acids is 1. The fourth-order valence-corrected chi connectivity index (χ4v) is 1.68. The molecule has 0 saturated carbocycles. The van der Waals surface area contributed by atoms with Crippen molar-refractivity contribution in [2.24, 2.45) is 5.41 Å². The smallest absolute Gasteiger partial charge is 0.150 e. The lowest BCUT2D eigenvalue weighted by Crippen LogP contribution is -2.25. The first kappa shape index (κ1) is 13.7. The molecule has 0 saturated heterocycles. The summed E-state index contributed by atoms with van der Waals surface area (Å²) < 4.78 is 5.43. The lowest BCUT2D eigenvalue weighted by Gasteiger charge is -2.26. The molecule has 0 amide bonds. The van der Waals surface area contributed by atoms with E-state index in [9.17, 15) is 4.79 Å². The standard InChI is InChI=1S/C15H20O2/c1-15(2,3)14(17-4)10-9-12-7-5-6-8-13(12)11-16/h5-11,14H,1-4H3/b10-9+. The maximum Gasteiger partial charge on any atom is 0.150 e. The van der Waals surface area contributed by atoms with Gasteiger partial charge < -0.3 is 4.74 Å². The Bertz CT molecular complexity index is 400. The third-order valence-electron chi connectivity index (χ3n) is 2.68. The molecule has 1 aromatic carbocycles. The molecule has 0 heterocycles. The van der Waals surface area contributed by atoms with Crippen LogP contribution in [0.25, 0.3) is 6.08 Å². The Labute approximate surface area is 103 Å². The summed E-state index contributed by atoms with van der Waals surface area (Å²) in [5.41, 5.74) is 1.67. The van der Waals surface area contributed by atoms with Gasteiger partial charge in [0.15, 0.2) is 6.29 Å². The molecule has 1 atom stereocenters. The lowest BCUT2D eigenvalue weighted by molar-refractivity contribution is 0.0541. The van der Waals surface area contributed by atoms with Crippen molar-refractivity contribution < 1.29 is 9.53 Å². The minimum absolute atomic E-state index is 0.0298. The normalized spacial score (nSPS) is 13.9. The van der Waals surface area contributed by atoms with Gasteiger partial charge in [0.05, 0.1) is 6.10 Å². The van der Waals surface area contributed by atoms with Gasteiger partial charge in [-0.25, -0.2) is 0 Å². The number of carbonyl (C=O) groups is 1. The van der Waals surface area contributed by atoms with Gasteiger partial charge in [-0.2, -0.15) is 0 Å². The molecular weight excluding hydrogens is 212 g/mol. The monoisotopic (exact) mass is 232 g/mol. The quantitative estimate of drug-likeness (QED) is 0.742. The van der Waals surface area contributed by atoms with Gasteiger partial charge in [0.25, 0.3) is 0 Å². The van der Waals surface area contributed by atoms with Crippen LogP contribution in [0.5, 0.6) is 0 Å². The number of methoxy groups -OCH3 is 1. The minimum atomic E-state index is 0.0298. The first-order valence-electron chi connectivity index (χ1n) is 5.74. The number of benzene rings is 1. The second-order valence-electron chi connectivity index (χ2n) is 5.13. The Balaban J connectivity index is 2.93. The Morgan fingerprint density at radius 2 is 1.76 bits per heavy atom.